The summed E-state index contributed by atoms with van der Waals surface area (Å²) in [5.41, 5.74) is 5.70. The highest BCUT2D eigenvalue weighted by Crippen LogP contribution is 2.61. The van der Waals surface area contributed by atoms with Crippen molar-refractivity contribution in [3.8, 4) is 12.1 Å². The van der Waals surface area contributed by atoms with E-state index in [0.29, 0.717) is 39.8 Å². The number of nitriles is 2. The standard InChI is InChI=1S/C36H18F6N2/c37-35(38,39)24-13-9-21(10-14-24)30-32(23(17-43)18-44)31(22-11-15-25(16-12-22)36(40,41)42)34-27-6-2-4-20-8-7-19-3-1-5-26(33(30)34)28(19)29(20)27/h1-3,5-16,28H,4H2. The van der Waals surface area contributed by atoms with Crippen LogP contribution in [0.15, 0.2) is 141 Å². The van der Waals surface area contributed by atoms with E-state index in [0.717, 1.165) is 52.1 Å². The molecule has 2 aromatic carbocycles. The van der Waals surface area contributed by atoms with E-state index in [1.807, 2.05) is 54.7 Å². The summed E-state index contributed by atoms with van der Waals surface area (Å²) in [6.45, 7) is 0. The van der Waals surface area contributed by atoms with Gasteiger partial charge in [0, 0.05) is 17.1 Å². The van der Waals surface area contributed by atoms with Gasteiger partial charge in [-0.25, -0.2) is 0 Å². The van der Waals surface area contributed by atoms with Gasteiger partial charge in [0.2, 0.25) is 0 Å². The van der Waals surface area contributed by atoms with Crippen molar-refractivity contribution in [1.29, 1.82) is 10.5 Å². The maximum atomic E-state index is 13.5. The van der Waals surface area contributed by atoms with Crippen LogP contribution in [0.1, 0.15) is 28.7 Å². The van der Waals surface area contributed by atoms with Crippen LogP contribution >= 0.6 is 0 Å². The molecule has 8 heteroatoms. The molecular formula is C36H18F6N2. The second-order valence-corrected chi connectivity index (χ2v) is 10.8. The number of halogens is 6. The second kappa shape index (κ2) is 9.59. The van der Waals surface area contributed by atoms with E-state index in [-0.39, 0.29) is 17.1 Å². The highest BCUT2D eigenvalue weighted by atomic mass is 19.4. The molecule has 0 saturated heterocycles. The lowest BCUT2D eigenvalue weighted by Crippen LogP contribution is -2.25. The monoisotopic (exact) mass is 592 g/mol. The number of hydrogen-bond donors (Lipinski definition) is 0. The number of fused-ring (bicyclic) bond motifs is 3. The molecule has 214 valence electrons. The average molecular weight is 593 g/mol. The highest BCUT2D eigenvalue weighted by Gasteiger charge is 2.45. The molecule has 1 unspecified atom stereocenters. The fraction of sp³-hybridized carbons (Fsp3) is 0.111. The molecule has 0 radical (unpaired) electrons. The number of allylic oxidation sites excluding steroid dienone is 18. The van der Waals surface area contributed by atoms with Crippen molar-refractivity contribution in [2.45, 2.75) is 18.8 Å². The summed E-state index contributed by atoms with van der Waals surface area (Å²) in [7, 11) is 0. The van der Waals surface area contributed by atoms with Gasteiger partial charge in [0.15, 0.2) is 0 Å². The van der Waals surface area contributed by atoms with Gasteiger partial charge in [-0.2, -0.15) is 36.9 Å². The third-order valence-corrected chi connectivity index (χ3v) is 8.52. The first kappa shape index (κ1) is 27.5. The molecule has 0 aromatic heterocycles. The van der Waals surface area contributed by atoms with Gasteiger partial charge < -0.3 is 0 Å². The predicted molar refractivity (Wildman–Crippen MR) is 153 cm³/mol. The Bertz CT molecular complexity index is 2020. The molecule has 0 N–H and O–H groups in total. The van der Waals surface area contributed by atoms with Crippen molar-refractivity contribution in [2.24, 2.45) is 5.92 Å². The Morgan fingerprint density at radius 1 is 0.682 bits per heavy atom. The zero-order chi connectivity index (χ0) is 31.0. The van der Waals surface area contributed by atoms with E-state index in [1.54, 1.807) is 0 Å². The van der Waals surface area contributed by atoms with Crippen LogP contribution in [-0.2, 0) is 12.4 Å². The number of alkyl halides is 6. The van der Waals surface area contributed by atoms with Gasteiger partial charge in [0.05, 0.1) is 11.1 Å². The average Bonchev–Trinajstić information content (AvgIpc) is 3.36. The van der Waals surface area contributed by atoms with E-state index in [4.69, 9.17) is 0 Å². The second-order valence-electron chi connectivity index (χ2n) is 10.8. The smallest absolute Gasteiger partial charge is 0.192 e. The lowest BCUT2D eigenvalue weighted by atomic mass is 9.63. The summed E-state index contributed by atoms with van der Waals surface area (Å²) in [4.78, 5) is 0. The van der Waals surface area contributed by atoms with Crippen molar-refractivity contribution < 1.29 is 26.3 Å². The Morgan fingerprint density at radius 2 is 1.25 bits per heavy atom. The molecule has 7 rings (SSSR count). The molecule has 0 spiro atoms. The molecule has 1 atom stereocenters. The Balaban J connectivity index is 1.62. The molecule has 5 aliphatic rings. The fourth-order valence-electron chi connectivity index (χ4n) is 6.73. The van der Waals surface area contributed by atoms with Crippen molar-refractivity contribution in [3.63, 3.8) is 0 Å². The van der Waals surface area contributed by atoms with Crippen LogP contribution in [0.4, 0.5) is 26.3 Å². The van der Waals surface area contributed by atoms with Crippen LogP contribution in [0, 0.1) is 28.6 Å². The first-order valence-corrected chi connectivity index (χ1v) is 13.6. The Hall–Kier alpha value is -5.34. The summed E-state index contributed by atoms with van der Waals surface area (Å²) in [6, 6.07) is 12.9. The van der Waals surface area contributed by atoms with Gasteiger partial charge in [-0.05, 0) is 86.4 Å². The van der Waals surface area contributed by atoms with E-state index in [1.165, 1.54) is 24.3 Å². The van der Waals surface area contributed by atoms with Gasteiger partial charge in [0.1, 0.15) is 17.7 Å². The van der Waals surface area contributed by atoms with Crippen LogP contribution in [0.25, 0.3) is 11.1 Å². The summed E-state index contributed by atoms with van der Waals surface area (Å²) >= 11 is 0. The van der Waals surface area contributed by atoms with Gasteiger partial charge in [0.25, 0.3) is 0 Å². The van der Waals surface area contributed by atoms with Crippen LogP contribution in [0.3, 0.4) is 0 Å². The van der Waals surface area contributed by atoms with Crippen LogP contribution in [-0.4, -0.2) is 0 Å². The quantitative estimate of drug-likeness (QED) is 0.258. The van der Waals surface area contributed by atoms with Crippen molar-refractivity contribution in [1.82, 2.24) is 0 Å². The lowest BCUT2D eigenvalue weighted by molar-refractivity contribution is -0.138. The number of hydrogen-bond acceptors (Lipinski definition) is 2. The largest absolute Gasteiger partial charge is 0.416 e. The number of nitrogens with zero attached hydrogens (tertiary/aromatic N) is 2. The molecule has 2 nitrogen and oxygen atoms in total. The minimum absolute atomic E-state index is 0.178. The maximum Gasteiger partial charge on any atom is 0.416 e. The molecule has 0 aliphatic heterocycles. The van der Waals surface area contributed by atoms with Gasteiger partial charge in [-0.15, -0.1) is 0 Å². The lowest BCUT2D eigenvalue weighted by Gasteiger charge is -2.40. The molecule has 0 saturated carbocycles. The van der Waals surface area contributed by atoms with Crippen molar-refractivity contribution >= 4 is 11.1 Å². The molecular weight excluding hydrogens is 574 g/mol. The normalized spacial score (nSPS) is 20.0. The minimum atomic E-state index is -4.58. The topological polar surface area (TPSA) is 47.6 Å². The van der Waals surface area contributed by atoms with Crippen molar-refractivity contribution in [2.75, 3.05) is 0 Å². The van der Waals surface area contributed by atoms with Gasteiger partial charge in [-0.3, -0.25) is 0 Å². The first-order chi connectivity index (χ1) is 21.0. The molecule has 0 heterocycles. The van der Waals surface area contributed by atoms with E-state index >= 15 is 0 Å². The summed E-state index contributed by atoms with van der Waals surface area (Å²) in [5.74, 6) is -0.191. The molecule has 44 heavy (non-hydrogen) atoms. The van der Waals surface area contributed by atoms with E-state index in [9.17, 15) is 36.9 Å². The summed E-state index contributed by atoms with van der Waals surface area (Å²) in [5, 5.41) is 20.3. The Labute approximate surface area is 248 Å². The number of rotatable bonds is 2. The SMILES string of the molecule is N#CC(C#N)=C1C(c2ccc(C(F)(F)F)cc2)=C2C3=CC=CC4=CC=C5CC=CC(=C5C43)C2=C1c1ccc(C(F)(F)F)cc1. The van der Waals surface area contributed by atoms with Crippen LogP contribution in [0.5, 0.6) is 0 Å². The molecule has 0 bridgehead atoms. The number of benzene rings is 2. The zero-order valence-corrected chi connectivity index (χ0v) is 22.6. The third-order valence-electron chi connectivity index (χ3n) is 8.52. The Kier molecular flexibility index (Phi) is 5.99. The third kappa shape index (κ3) is 4.02. The fourth-order valence-corrected chi connectivity index (χ4v) is 6.73. The first-order valence-electron chi connectivity index (χ1n) is 13.6. The van der Waals surface area contributed by atoms with Crippen LogP contribution in [0.2, 0.25) is 0 Å². The summed E-state index contributed by atoms with van der Waals surface area (Å²) in [6.07, 6.45) is 5.34. The van der Waals surface area contributed by atoms with Crippen LogP contribution < -0.4 is 0 Å². The molecule has 5 aliphatic carbocycles. The predicted octanol–water partition coefficient (Wildman–Crippen LogP) is 9.54. The molecule has 2 aromatic rings. The van der Waals surface area contributed by atoms with Crippen molar-refractivity contribution in [3.05, 3.63) is 163 Å². The Morgan fingerprint density at radius 3 is 1.80 bits per heavy atom. The molecule has 0 amide bonds. The maximum absolute atomic E-state index is 13.5. The van der Waals surface area contributed by atoms with Gasteiger partial charge in [-0.1, -0.05) is 66.8 Å². The van der Waals surface area contributed by atoms with E-state index < -0.39 is 23.5 Å². The van der Waals surface area contributed by atoms with Gasteiger partial charge >= 0.3 is 12.4 Å². The minimum Gasteiger partial charge on any atom is -0.192 e. The molecule has 0 fully saturated rings. The zero-order valence-electron chi connectivity index (χ0n) is 22.6. The highest BCUT2D eigenvalue weighted by molar-refractivity contribution is 6.14. The summed E-state index contributed by atoms with van der Waals surface area (Å²) < 4.78 is 81.2. The van der Waals surface area contributed by atoms with E-state index in [2.05, 4.69) is 0 Å².